The van der Waals surface area contributed by atoms with E-state index in [1.807, 2.05) is 6.92 Å². The summed E-state index contributed by atoms with van der Waals surface area (Å²) in [5, 5.41) is 0. The van der Waals surface area contributed by atoms with Gasteiger partial charge < -0.3 is 14.2 Å². The lowest BCUT2D eigenvalue weighted by atomic mass is 10.2. The molecule has 2 aliphatic heterocycles. The van der Waals surface area contributed by atoms with Crippen molar-refractivity contribution in [1.82, 2.24) is 0 Å². The van der Waals surface area contributed by atoms with E-state index in [1.165, 1.54) is 12.1 Å². The molecule has 2 atom stereocenters. The Morgan fingerprint density at radius 2 is 1.78 bits per heavy atom. The van der Waals surface area contributed by atoms with E-state index in [1.54, 1.807) is 24.3 Å². The third kappa shape index (κ3) is 7.77. The quantitative estimate of drug-likeness (QED) is 0.446. The van der Waals surface area contributed by atoms with E-state index in [0.717, 1.165) is 37.0 Å². The molecule has 0 amide bonds. The molecule has 0 aromatic heterocycles. The minimum atomic E-state index is -4.34. The summed E-state index contributed by atoms with van der Waals surface area (Å²) in [6.07, 6.45) is -2.15. The Morgan fingerprint density at radius 1 is 1.06 bits per heavy atom. The van der Waals surface area contributed by atoms with Crippen molar-refractivity contribution in [1.29, 1.82) is 0 Å². The maximum atomic E-state index is 12.5. The summed E-state index contributed by atoms with van der Waals surface area (Å²) in [4.78, 5) is 0.189. The first-order valence-electron chi connectivity index (χ1n) is 10.2. The molecule has 10 heteroatoms. The molecule has 6 nitrogen and oxygen atoms in total. The van der Waals surface area contributed by atoms with Gasteiger partial charge in [0.25, 0.3) is 10.1 Å². The Morgan fingerprint density at radius 3 is 2.38 bits per heavy atom. The van der Waals surface area contributed by atoms with Crippen LogP contribution in [0.25, 0.3) is 0 Å². The van der Waals surface area contributed by atoms with Crippen molar-refractivity contribution in [3.63, 3.8) is 0 Å². The molecule has 176 valence electrons. The predicted molar refractivity (Wildman–Crippen MR) is 110 cm³/mol. The van der Waals surface area contributed by atoms with Crippen LogP contribution in [-0.4, -0.2) is 40.6 Å². The van der Waals surface area contributed by atoms with Crippen LogP contribution in [-0.2, 0) is 30.0 Å². The number of ether oxygens (including phenoxy) is 3. The number of halogens is 3. The van der Waals surface area contributed by atoms with E-state index < -0.39 is 28.1 Å². The lowest BCUT2D eigenvalue weighted by molar-refractivity contribution is -0.138. The monoisotopic (exact) mass is 474 g/mol. The van der Waals surface area contributed by atoms with Gasteiger partial charge in [-0.05, 0) is 50.1 Å². The van der Waals surface area contributed by atoms with Gasteiger partial charge in [0.2, 0.25) is 0 Å². The van der Waals surface area contributed by atoms with E-state index >= 15 is 0 Å². The predicted octanol–water partition coefficient (Wildman–Crippen LogP) is 4.71. The van der Waals surface area contributed by atoms with Gasteiger partial charge in [-0.15, -0.1) is 0 Å². The zero-order valence-corrected chi connectivity index (χ0v) is 18.3. The molecule has 2 heterocycles. The van der Waals surface area contributed by atoms with Crippen LogP contribution in [0, 0.1) is 6.92 Å². The number of hydrogen-bond donors (Lipinski definition) is 0. The van der Waals surface area contributed by atoms with Crippen molar-refractivity contribution in [2.75, 3.05) is 19.8 Å². The highest BCUT2D eigenvalue weighted by Crippen LogP contribution is 2.32. The van der Waals surface area contributed by atoms with Gasteiger partial charge in [0.1, 0.15) is 11.9 Å². The van der Waals surface area contributed by atoms with E-state index in [0.29, 0.717) is 13.2 Å². The smallest absolute Gasteiger partial charge is 0.416 e. The van der Waals surface area contributed by atoms with Gasteiger partial charge in [0.05, 0.1) is 30.3 Å². The van der Waals surface area contributed by atoms with E-state index in [-0.39, 0.29) is 23.4 Å². The fraction of sp³-hybridized carbons (Fsp3) is 0.455. The Kier molecular flexibility index (Phi) is 8.16. The molecule has 4 rings (SSSR count). The summed E-state index contributed by atoms with van der Waals surface area (Å²) in [6, 6.07) is 11.4. The second kappa shape index (κ2) is 10.7. The molecule has 2 saturated heterocycles. The SMILES string of the molecule is Cc1ccc(S(=O)(=O)OC[C@H]2CO2)cc1.FC(F)(F)c1cccc(OC2CCCCO2)c1. The Labute approximate surface area is 185 Å². The lowest BCUT2D eigenvalue weighted by Gasteiger charge is -2.23. The molecule has 2 aliphatic rings. The first kappa shape index (κ1) is 24.5. The van der Waals surface area contributed by atoms with Crippen molar-refractivity contribution in [2.24, 2.45) is 0 Å². The Balaban J connectivity index is 0.000000182. The maximum Gasteiger partial charge on any atom is 0.416 e. The molecular formula is C22H25F3O6S. The first-order valence-corrected chi connectivity index (χ1v) is 11.6. The summed E-state index contributed by atoms with van der Waals surface area (Å²) >= 11 is 0. The molecule has 0 spiro atoms. The molecule has 0 radical (unpaired) electrons. The topological polar surface area (TPSA) is 74.4 Å². The lowest BCUT2D eigenvalue weighted by Crippen LogP contribution is -2.25. The number of hydrogen-bond acceptors (Lipinski definition) is 6. The molecule has 2 aromatic carbocycles. The van der Waals surface area contributed by atoms with E-state index in [2.05, 4.69) is 0 Å². The summed E-state index contributed by atoms with van der Waals surface area (Å²) in [5.74, 6) is 0.201. The maximum absolute atomic E-state index is 12.5. The summed E-state index contributed by atoms with van der Waals surface area (Å²) in [5.41, 5.74) is 0.310. The van der Waals surface area contributed by atoms with Crippen LogP contribution in [0.5, 0.6) is 5.75 Å². The molecule has 1 unspecified atom stereocenters. The highest BCUT2D eigenvalue weighted by Gasteiger charge is 2.31. The van der Waals surface area contributed by atoms with Crippen molar-refractivity contribution in [3.8, 4) is 5.75 Å². The second-order valence-corrected chi connectivity index (χ2v) is 9.06. The normalized spacial score (nSPS) is 20.8. The number of benzene rings is 2. The average Bonchev–Trinajstić information content (AvgIpc) is 3.58. The Bertz CT molecular complexity index is 966. The minimum absolute atomic E-state index is 0.0507. The van der Waals surface area contributed by atoms with Crippen molar-refractivity contribution >= 4 is 10.1 Å². The van der Waals surface area contributed by atoms with Crippen LogP contribution in [0.4, 0.5) is 13.2 Å². The van der Waals surface area contributed by atoms with E-state index in [9.17, 15) is 21.6 Å². The molecule has 0 aliphatic carbocycles. The second-order valence-electron chi connectivity index (χ2n) is 7.45. The summed E-state index contributed by atoms with van der Waals surface area (Å²) in [7, 11) is -3.61. The Hall–Kier alpha value is -2.14. The third-order valence-corrected chi connectivity index (χ3v) is 5.98. The fourth-order valence-corrected chi connectivity index (χ4v) is 3.74. The zero-order chi connectivity index (χ0) is 23.2. The molecule has 2 fully saturated rings. The number of alkyl halides is 3. The van der Waals surface area contributed by atoms with Crippen molar-refractivity contribution < 1.29 is 40.0 Å². The van der Waals surface area contributed by atoms with Crippen molar-refractivity contribution in [3.05, 3.63) is 59.7 Å². The minimum Gasteiger partial charge on any atom is -0.465 e. The van der Waals surface area contributed by atoms with Crippen LogP contribution < -0.4 is 4.74 Å². The highest BCUT2D eigenvalue weighted by molar-refractivity contribution is 7.86. The molecule has 0 bridgehead atoms. The third-order valence-electron chi connectivity index (χ3n) is 4.69. The molecular weight excluding hydrogens is 449 g/mol. The van der Waals surface area contributed by atoms with Crippen LogP contribution >= 0.6 is 0 Å². The standard InChI is InChI=1S/C12H13F3O2.C10H12O4S/c13-12(14,15)9-4-3-5-10(8-9)17-11-6-1-2-7-16-11;1-8-2-4-10(5-3-8)15(11,12)14-7-9-6-13-9/h3-5,8,11H,1-2,6-7H2;2-5,9H,6-7H2,1H3/t;9-/m.1/s1. The number of rotatable bonds is 6. The zero-order valence-electron chi connectivity index (χ0n) is 17.5. The van der Waals surface area contributed by atoms with E-state index in [4.69, 9.17) is 18.4 Å². The highest BCUT2D eigenvalue weighted by atomic mass is 32.2. The van der Waals surface area contributed by atoms with Crippen LogP contribution in [0.1, 0.15) is 30.4 Å². The van der Waals surface area contributed by atoms with Crippen LogP contribution in [0.2, 0.25) is 0 Å². The van der Waals surface area contributed by atoms with Gasteiger partial charge in [-0.2, -0.15) is 21.6 Å². The number of aryl methyl sites for hydroxylation is 1. The van der Waals surface area contributed by atoms with Gasteiger partial charge in [-0.1, -0.05) is 23.8 Å². The van der Waals surface area contributed by atoms with Gasteiger partial charge in [-0.3, -0.25) is 4.18 Å². The number of epoxide rings is 1. The van der Waals surface area contributed by atoms with Gasteiger partial charge in [-0.25, -0.2) is 0 Å². The molecule has 2 aromatic rings. The first-order chi connectivity index (χ1) is 15.1. The van der Waals surface area contributed by atoms with Crippen LogP contribution in [0.3, 0.4) is 0 Å². The molecule has 0 saturated carbocycles. The van der Waals surface area contributed by atoms with Crippen molar-refractivity contribution in [2.45, 2.75) is 49.7 Å². The fourth-order valence-electron chi connectivity index (χ4n) is 2.80. The summed E-state index contributed by atoms with van der Waals surface area (Å²) in [6.45, 7) is 3.19. The largest absolute Gasteiger partial charge is 0.465 e. The molecule has 32 heavy (non-hydrogen) atoms. The summed E-state index contributed by atoms with van der Waals surface area (Å²) < 4.78 is 80.9. The van der Waals surface area contributed by atoms with Crippen LogP contribution in [0.15, 0.2) is 53.4 Å². The van der Waals surface area contributed by atoms with Gasteiger partial charge in [0.15, 0.2) is 6.29 Å². The van der Waals surface area contributed by atoms with Gasteiger partial charge >= 0.3 is 6.18 Å². The molecule has 0 N–H and O–H groups in total. The van der Waals surface area contributed by atoms with Gasteiger partial charge in [0, 0.05) is 6.42 Å². The average molecular weight is 474 g/mol.